The van der Waals surface area contributed by atoms with Crippen LogP contribution in [-0.4, -0.2) is 17.4 Å². The molecule has 0 spiro atoms. The zero-order valence-electron chi connectivity index (χ0n) is 3.42. The van der Waals surface area contributed by atoms with Gasteiger partial charge in [0.15, 0.2) is 6.54 Å². The lowest BCUT2D eigenvalue weighted by molar-refractivity contribution is -0.565. The molecule has 5 nitrogen and oxygen atoms in total. The third-order valence-corrected chi connectivity index (χ3v) is 0.563. The number of nitrogens with zero attached hydrogens (tertiary/aromatic N) is 2. The van der Waals surface area contributed by atoms with E-state index in [2.05, 4.69) is 5.11 Å². The van der Waals surface area contributed by atoms with Crippen LogP contribution in [0.25, 0.3) is 0 Å². The molecule has 1 aliphatic heterocycles. The van der Waals surface area contributed by atoms with E-state index in [9.17, 15) is 10.0 Å². The summed E-state index contributed by atoms with van der Waals surface area (Å²) in [5.41, 5.74) is 1.89. The fourth-order valence-corrected chi connectivity index (χ4v) is 0.306. The van der Waals surface area contributed by atoms with Crippen molar-refractivity contribution in [3.63, 3.8) is 0 Å². The topological polar surface area (TPSA) is 67.5 Å². The van der Waals surface area contributed by atoms with Crippen LogP contribution in [0.4, 0.5) is 0 Å². The maximum Gasteiger partial charge on any atom is 0.305 e. The molecule has 0 aromatic carbocycles. The minimum Gasteiger partial charge on any atom is -0.571 e. The van der Waals surface area contributed by atoms with E-state index in [1.165, 1.54) is 0 Å². The number of hydrogen-bond acceptors (Lipinski definition) is 3. The number of nitrogens with one attached hydrogen (secondary N) is 1. The lowest BCUT2D eigenvalue weighted by Gasteiger charge is -1.85. The molecular weight excluding hydrogens is 98.0 g/mol. The normalized spacial score (nSPS) is 18.9. The first-order valence-corrected chi connectivity index (χ1v) is 1.73. The summed E-state index contributed by atoms with van der Waals surface area (Å²) in [6.07, 6.45) is 0. The SMILES string of the molecule is O=C1CN=[N+]([O-])N1. The molecule has 0 aromatic rings. The van der Waals surface area contributed by atoms with E-state index < -0.39 is 0 Å². The maximum atomic E-state index is 10.0. The quantitative estimate of drug-likeness (QED) is 0.314. The predicted octanol–water partition coefficient (Wildman–Crippen LogP) is -1.01. The molecule has 38 valence electrons. The van der Waals surface area contributed by atoms with Gasteiger partial charge in [0.05, 0.1) is 0 Å². The third kappa shape index (κ3) is 0.648. The van der Waals surface area contributed by atoms with Crippen molar-refractivity contribution in [1.82, 2.24) is 5.43 Å². The fraction of sp³-hybridized carbons (Fsp3) is 0.500. The van der Waals surface area contributed by atoms with Gasteiger partial charge >= 0.3 is 5.91 Å². The molecule has 1 amide bonds. The summed E-state index contributed by atoms with van der Waals surface area (Å²) < 4.78 is 0. The van der Waals surface area contributed by atoms with Crippen molar-refractivity contribution >= 4 is 5.91 Å². The zero-order chi connectivity index (χ0) is 5.28. The van der Waals surface area contributed by atoms with Crippen LogP contribution >= 0.6 is 0 Å². The van der Waals surface area contributed by atoms with Gasteiger partial charge in [-0.2, -0.15) is 0 Å². The minimum absolute atomic E-state index is 0.0382. The molecule has 0 saturated carbocycles. The Morgan fingerprint density at radius 1 is 2.00 bits per heavy atom. The van der Waals surface area contributed by atoms with Gasteiger partial charge in [-0.25, -0.2) is 0 Å². The summed E-state index contributed by atoms with van der Waals surface area (Å²) in [6.45, 7) is -0.0382. The molecule has 0 bridgehead atoms. The highest BCUT2D eigenvalue weighted by Gasteiger charge is 2.13. The van der Waals surface area contributed by atoms with Crippen molar-refractivity contribution < 1.29 is 9.76 Å². The molecule has 1 N–H and O–H groups in total. The fourth-order valence-electron chi connectivity index (χ4n) is 0.306. The maximum absolute atomic E-state index is 10.0. The largest absolute Gasteiger partial charge is 0.571 e. The highest BCUT2D eigenvalue weighted by atomic mass is 16.5. The summed E-state index contributed by atoms with van der Waals surface area (Å²) in [6, 6.07) is 0. The molecule has 1 heterocycles. The predicted molar refractivity (Wildman–Crippen MR) is 19.1 cm³/mol. The Hall–Kier alpha value is -1.13. The molecule has 0 atom stereocenters. The van der Waals surface area contributed by atoms with Crippen LogP contribution in [0.2, 0.25) is 0 Å². The van der Waals surface area contributed by atoms with Gasteiger partial charge in [-0.1, -0.05) is 5.43 Å². The second kappa shape index (κ2) is 1.18. The van der Waals surface area contributed by atoms with E-state index in [0.717, 1.165) is 0 Å². The molecule has 1 aliphatic rings. The zero-order valence-corrected chi connectivity index (χ0v) is 3.42. The van der Waals surface area contributed by atoms with E-state index in [1.807, 2.05) is 5.43 Å². The summed E-state index contributed by atoms with van der Waals surface area (Å²) in [7, 11) is 0. The Labute approximate surface area is 39.2 Å². The molecule has 0 radical (unpaired) electrons. The number of hydrogen-bond donors (Lipinski definition) is 1. The number of hydrazine groups is 1. The van der Waals surface area contributed by atoms with E-state index in [-0.39, 0.29) is 17.4 Å². The van der Waals surface area contributed by atoms with Crippen molar-refractivity contribution in [2.45, 2.75) is 0 Å². The van der Waals surface area contributed by atoms with Crippen LogP contribution in [0, 0.1) is 5.21 Å². The minimum atomic E-state index is -0.352. The molecule has 0 fully saturated rings. The monoisotopic (exact) mass is 101 g/mol. The van der Waals surface area contributed by atoms with Gasteiger partial charge in [-0.05, 0) is 0 Å². The third-order valence-electron chi connectivity index (χ3n) is 0.563. The van der Waals surface area contributed by atoms with E-state index >= 15 is 0 Å². The van der Waals surface area contributed by atoms with Crippen LogP contribution in [0.5, 0.6) is 0 Å². The Balaban J connectivity index is 2.58. The average molecular weight is 101 g/mol. The Morgan fingerprint density at radius 3 is 2.86 bits per heavy atom. The van der Waals surface area contributed by atoms with Gasteiger partial charge in [0, 0.05) is 10.1 Å². The highest BCUT2D eigenvalue weighted by Crippen LogP contribution is 1.80. The molecule has 0 unspecified atom stereocenters. The van der Waals surface area contributed by atoms with Crippen molar-refractivity contribution in [2.24, 2.45) is 5.11 Å². The molecule has 0 aromatic heterocycles. The van der Waals surface area contributed by atoms with E-state index in [4.69, 9.17) is 0 Å². The van der Waals surface area contributed by atoms with Gasteiger partial charge in [0.1, 0.15) is 0 Å². The van der Waals surface area contributed by atoms with Crippen molar-refractivity contribution in [1.29, 1.82) is 0 Å². The average Bonchev–Trinajstić information content (AvgIpc) is 1.87. The first-order valence-electron chi connectivity index (χ1n) is 1.73. The van der Waals surface area contributed by atoms with Crippen molar-refractivity contribution in [3.8, 4) is 0 Å². The summed E-state index contributed by atoms with van der Waals surface area (Å²) >= 11 is 0. The molecule has 1 rings (SSSR count). The second-order valence-corrected chi connectivity index (χ2v) is 1.11. The second-order valence-electron chi connectivity index (χ2n) is 1.11. The first kappa shape index (κ1) is 4.04. The number of amides is 1. The van der Waals surface area contributed by atoms with Gasteiger partial charge < -0.3 is 5.21 Å². The lowest BCUT2D eigenvalue weighted by atomic mass is 10.7. The van der Waals surface area contributed by atoms with E-state index in [1.54, 1.807) is 0 Å². The van der Waals surface area contributed by atoms with Gasteiger partial charge in [-0.15, -0.1) is 0 Å². The van der Waals surface area contributed by atoms with Crippen LogP contribution in [-0.2, 0) is 4.79 Å². The molecule has 5 heteroatoms. The molecule has 0 saturated heterocycles. The summed E-state index contributed by atoms with van der Waals surface area (Å²) in [5, 5.41) is 13.0. The lowest BCUT2D eigenvalue weighted by Crippen LogP contribution is -2.23. The summed E-state index contributed by atoms with van der Waals surface area (Å²) in [5.74, 6) is -0.352. The van der Waals surface area contributed by atoms with Crippen LogP contribution in [0.3, 0.4) is 0 Å². The molecule has 0 aliphatic carbocycles. The number of carbonyl (C=O) groups is 1. The Kier molecular flexibility index (Phi) is 0.680. The van der Waals surface area contributed by atoms with E-state index in [0.29, 0.717) is 0 Å². The number of carbonyl (C=O) groups excluding carboxylic acids is 1. The van der Waals surface area contributed by atoms with Gasteiger partial charge in [0.25, 0.3) is 0 Å². The van der Waals surface area contributed by atoms with Gasteiger partial charge in [-0.3, -0.25) is 4.79 Å². The van der Waals surface area contributed by atoms with Crippen molar-refractivity contribution in [3.05, 3.63) is 5.21 Å². The standard InChI is InChI=1S/C2H3N3O2/c6-2-1-3-5(7)4-2/h1H2,(H,3,4,6). The van der Waals surface area contributed by atoms with Crippen LogP contribution in [0.15, 0.2) is 5.11 Å². The Bertz CT molecular complexity index is 129. The smallest absolute Gasteiger partial charge is 0.305 e. The van der Waals surface area contributed by atoms with Crippen molar-refractivity contribution in [2.75, 3.05) is 6.54 Å². The Morgan fingerprint density at radius 2 is 2.71 bits per heavy atom. The molecular formula is C2H3N3O2. The first-order chi connectivity index (χ1) is 3.29. The van der Waals surface area contributed by atoms with Crippen LogP contribution < -0.4 is 5.43 Å². The molecule has 7 heavy (non-hydrogen) atoms. The van der Waals surface area contributed by atoms with Gasteiger partial charge in [0.2, 0.25) is 0 Å². The summed E-state index contributed by atoms with van der Waals surface area (Å²) in [4.78, 5) is 10.2. The number of rotatable bonds is 0. The highest BCUT2D eigenvalue weighted by molar-refractivity contribution is 5.77. The van der Waals surface area contributed by atoms with Crippen LogP contribution in [0.1, 0.15) is 0 Å².